The predicted octanol–water partition coefficient (Wildman–Crippen LogP) is 1.52. The summed E-state index contributed by atoms with van der Waals surface area (Å²) in [5, 5.41) is 3.64. The zero-order chi connectivity index (χ0) is 13.2. The lowest BCUT2D eigenvalue weighted by atomic mass is 10.0. The van der Waals surface area contributed by atoms with Crippen LogP contribution in [0.2, 0.25) is 0 Å². The number of nitrogens with one attached hydrogen (secondary N) is 1. The van der Waals surface area contributed by atoms with Crippen LogP contribution in [0.25, 0.3) is 0 Å². The number of fused-ring (bicyclic) bond motifs is 2. The Hall–Kier alpha value is -1.13. The Balaban J connectivity index is 1.87. The van der Waals surface area contributed by atoms with Crippen LogP contribution in [0.5, 0.6) is 0 Å². The van der Waals surface area contributed by atoms with Crippen molar-refractivity contribution in [2.24, 2.45) is 0 Å². The average molecular weight is 261 g/mol. The Bertz CT molecular complexity index is 437. The highest BCUT2D eigenvalue weighted by atomic mass is 16.5. The van der Waals surface area contributed by atoms with Crippen molar-refractivity contribution in [1.82, 2.24) is 10.3 Å². The van der Waals surface area contributed by atoms with Crippen LogP contribution in [0, 0.1) is 6.92 Å². The fraction of sp³-hybridized carbons (Fsp3) is 0.667. The molecule has 19 heavy (non-hydrogen) atoms. The first-order chi connectivity index (χ1) is 9.28. The van der Waals surface area contributed by atoms with Crippen LogP contribution >= 0.6 is 0 Å². The number of rotatable bonds is 3. The normalized spacial score (nSPS) is 26.5. The van der Waals surface area contributed by atoms with Gasteiger partial charge in [-0.3, -0.25) is 4.98 Å². The van der Waals surface area contributed by atoms with E-state index in [4.69, 9.17) is 4.74 Å². The average Bonchev–Trinajstić information content (AvgIpc) is 2.41. The minimum Gasteiger partial charge on any atom is -0.378 e. The van der Waals surface area contributed by atoms with Crippen LogP contribution in [0.3, 0.4) is 0 Å². The van der Waals surface area contributed by atoms with Crippen LogP contribution < -0.4 is 10.2 Å². The van der Waals surface area contributed by atoms with E-state index in [2.05, 4.69) is 35.1 Å². The van der Waals surface area contributed by atoms with Gasteiger partial charge in [-0.25, -0.2) is 0 Å². The zero-order valence-electron chi connectivity index (χ0n) is 11.9. The second-order valence-corrected chi connectivity index (χ2v) is 5.65. The molecule has 1 aromatic heterocycles. The van der Waals surface area contributed by atoms with E-state index >= 15 is 0 Å². The van der Waals surface area contributed by atoms with Gasteiger partial charge >= 0.3 is 0 Å². The van der Waals surface area contributed by atoms with Gasteiger partial charge in [-0.15, -0.1) is 0 Å². The first-order valence-corrected chi connectivity index (χ1v) is 7.31. The molecule has 0 amide bonds. The standard InChI is InChI=1S/C15H23N3O/c1-3-4-14-11(2)16-6-5-15(14)18-7-12-9-19-10-13(8-18)17-12/h5-6,12-13,17H,3-4,7-10H2,1-2H3. The number of hydrogen-bond acceptors (Lipinski definition) is 4. The van der Waals surface area contributed by atoms with Gasteiger partial charge in [0, 0.05) is 42.8 Å². The number of anilines is 1. The number of aryl methyl sites for hydroxylation is 1. The molecule has 0 spiro atoms. The molecule has 2 bridgehead atoms. The summed E-state index contributed by atoms with van der Waals surface area (Å²) in [7, 11) is 0. The number of piperazine rings is 1. The number of morpholine rings is 1. The molecule has 2 aliphatic heterocycles. The third-order valence-electron chi connectivity index (χ3n) is 4.08. The van der Waals surface area contributed by atoms with Gasteiger partial charge in [0.25, 0.3) is 0 Å². The monoisotopic (exact) mass is 261 g/mol. The first-order valence-electron chi connectivity index (χ1n) is 7.31. The van der Waals surface area contributed by atoms with Crippen LogP contribution in [0.1, 0.15) is 24.6 Å². The maximum Gasteiger partial charge on any atom is 0.0637 e. The number of pyridine rings is 1. The van der Waals surface area contributed by atoms with Crippen LogP contribution in [-0.2, 0) is 11.2 Å². The molecule has 3 heterocycles. The largest absolute Gasteiger partial charge is 0.378 e. The molecular formula is C15H23N3O. The summed E-state index contributed by atoms with van der Waals surface area (Å²) in [6.45, 7) is 8.10. The van der Waals surface area contributed by atoms with Crippen molar-refractivity contribution in [2.45, 2.75) is 38.8 Å². The molecular weight excluding hydrogens is 238 g/mol. The summed E-state index contributed by atoms with van der Waals surface area (Å²) in [5.74, 6) is 0. The van der Waals surface area contributed by atoms with E-state index in [1.165, 1.54) is 23.4 Å². The molecule has 0 aromatic carbocycles. The molecule has 4 heteroatoms. The number of ether oxygens (including phenoxy) is 1. The van der Waals surface area contributed by atoms with Gasteiger partial charge in [-0.2, -0.15) is 0 Å². The minimum absolute atomic E-state index is 0.468. The molecule has 104 valence electrons. The minimum atomic E-state index is 0.468. The van der Waals surface area contributed by atoms with Crippen molar-refractivity contribution in [3.8, 4) is 0 Å². The highest BCUT2D eigenvalue weighted by Crippen LogP contribution is 2.26. The zero-order valence-corrected chi connectivity index (χ0v) is 11.9. The molecule has 0 radical (unpaired) electrons. The van der Waals surface area contributed by atoms with Gasteiger partial charge in [0.05, 0.1) is 13.2 Å². The predicted molar refractivity (Wildman–Crippen MR) is 76.7 cm³/mol. The molecule has 0 saturated carbocycles. The fourth-order valence-corrected chi connectivity index (χ4v) is 3.23. The Morgan fingerprint density at radius 2 is 2.11 bits per heavy atom. The maximum absolute atomic E-state index is 5.62. The van der Waals surface area contributed by atoms with Crippen molar-refractivity contribution >= 4 is 5.69 Å². The second kappa shape index (κ2) is 5.47. The third-order valence-corrected chi connectivity index (χ3v) is 4.08. The van der Waals surface area contributed by atoms with Crippen LogP contribution in [0.15, 0.2) is 12.3 Å². The SMILES string of the molecule is CCCc1c(N2CC3COCC(C2)N3)ccnc1C. The smallest absolute Gasteiger partial charge is 0.0637 e. The van der Waals surface area contributed by atoms with E-state index in [0.717, 1.165) is 32.7 Å². The second-order valence-electron chi connectivity index (χ2n) is 5.65. The molecule has 1 aromatic rings. The highest BCUT2D eigenvalue weighted by Gasteiger charge is 2.31. The molecule has 1 N–H and O–H groups in total. The van der Waals surface area contributed by atoms with Gasteiger partial charge in [-0.1, -0.05) is 13.3 Å². The van der Waals surface area contributed by atoms with Crippen molar-refractivity contribution in [3.63, 3.8) is 0 Å². The van der Waals surface area contributed by atoms with Gasteiger partial charge in [0.15, 0.2) is 0 Å². The topological polar surface area (TPSA) is 37.4 Å². The molecule has 2 atom stereocenters. The highest BCUT2D eigenvalue weighted by molar-refractivity contribution is 5.55. The first kappa shape index (κ1) is 12.9. The quantitative estimate of drug-likeness (QED) is 0.895. The number of aromatic nitrogens is 1. The van der Waals surface area contributed by atoms with Crippen molar-refractivity contribution in [1.29, 1.82) is 0 Å². The van der Waals surface area contributed by atoms with Crippen molar-refractivity contribution in [3.05, 3.63) is 23.5 Å². The van der Waals surface area contributed by atoms with E-state index in [9.17, 15) is 0 Å². The summed E-state index contributed by atoms with van der Waals surface area (Å²) in [6.07, 6.45) is 4.23. The van der Waals surface area contributed by atoms with Gasteiger partial charge in [0.1, 0.15) is 0 Å². The van der Waals surface area contributed by atoms with Crippen LogP contribution in [0.4, 0.5) is 5.69 Å². The summed E-state index contributed by atoms with van der Waals surface area (Å²) in [4.78, 5) is 6.98. The molecule has 4 nitrogen and oxygen atoms in total. The molecule has 3 rings (SSSR count). The van der Waals surface area contributed by atoms with E-state index in [1.54, 1.807) is 0 Å². The Morgan fingerprint density at radius 1 is 1.37 bits per heavy atom. The maximum atomic E-state index is 5.62. The molecule has 2 aliphatic rings. The Kier molecular flexibility index (Phi) is 3.71. The van der Waals surface area contributed by atoms with E-state index in [0.29, 0.717) is 12.1 Å². The molecule has 0 aliphatic carbocycles. The summed E-state index contributed by atoms with van der Waals surface area (Å²) < 4.78 is 5.62. The van der Waals surface area contributed by atoms with Gasteiger partial charge in [-0.05, 0) is 25.0 Å². The van der Waals surface area contributed by atoms with Crippen molar-refractivity contribution < 1.29 is 4.74 Å². The van der Waals surface area contributed by atoms with Crippen molar-refractivity contribution in [2.75, 3.05) is 31.2 Å². The summed E-state index contributed by atoms with van der Waals surface area (Å²) in [6, 6.07) is 3.12. The molecule has 2 fully saturated rings. The Morgan fingerprint density at radius 3 is 2.79 bits per heavy atom. The van der Waals surface area contributed by atoms with Crippen LogP contribution in [-0.4, -0.2) is 43.4 Å². The van der Waals surface area contributed by atoms with E-state index in [-0.39, 0.29) is 0 Å². The van der Waals surface area contributed by atoms with E-state index < -0.39 is 0 Å². The molecule has 2 unspecified atom stereocenters. The van der Waals surface area contributed by atoms with Gasteiger partial charge < -0.3 is 15.0 Å². The third kappa shape index (κ3) is 2.60. The fourth-order valence-electron chi connectivity index (χ4n) is 3.23. The summed E-state index contributed by atoms with van der Waals surface area (Å²) >= 11 is 0. The number of nitrogens with zero attached hydrogens (tertiary/aromatic N) is 2. The lowest BCUT2D eigenvalue weighted by molar-refractivity contribution is 0.0375. The Labute approximate surface area is 115 Å². The number of hydrogen-bond donors (Lipinski definition) is 1. The molecule has 2 saturated heterocycles. The van der Waals surface area contributed by atoms with E-state index in [1.807, 2.05) is 6.20 Å². The lowest BCUT2D eigenvalue weighted by Crippen LogP contribution is -2.63. The lowest BCUT2D eigenvalue weighted by Gasteiger charge is -2.43. The van der Waals surface area contributed by atoms with Gasteiger partial charge in [0.2, 0.25) is 0 Å². The summed E-state index contributed by atoms with van der Waals surface area (Å²) in [5.41, 5.74) is 3.98.